The van der Waals surface area contributed by atoms with Crippen molar-refractivity contribution in [3.8, 4) is 0 Å². The smallest absolute Gasteiger partial charge is 0.0431 e. The Bertz CT molecular complexity index is 273. The summed E-state index contributed by atoms with van der Waals surface area (Å²) >= 11 is 0. The van der Waals surface area contributed by atoms with Crippen molar-refractivity contribution in [3.05, 3.63) is 0 Å². The number of aliphatic hydroxyl groups excluding tert-OH is 3. The van der Waals surface area contributed by atoms with Gasteiger partial charge in [0.15, 0.2) is 0 Å². The Labute approximate surface area is 269 Å². The number of unbranched alkanes of at least 4 members (excludes halogenated alkanes) is 27. The van der Waals surface area contributed by atoms with Crippen molar-refractivity contribution in [2.75, 3.05) is 19.8 Å². The zero-order chi connectivity index (χ0) is 29.3. The van der Waals surface area contributed by atoms with Gasteiger partial charge in [0.05, 0.1) is 0 Å². The Morgan fingerprint density at radius 2 is 0.350 bits per heavy atom. The van der Waals surface area contributed by atoms with Gasteiger partial charge in [-0.3, -0.25) is 0 Å². The zero-order valence-electron chi connectivity index (χ0n) is 28.2. The SMILES string of the molecule is CCCCCCCCCCCCO.CCCCCCCCCCCCO.CCCCCCCCCCCCO.[Ti]. The Kier molecular flexibility index (Phi) is 62.1. The van der Waals surface area contributed by atoms with Gasteiger partial charge in [0.25, 0.3) is 0 Å². The molecule has 0 atom stereocenters. The minimum Gasteiger partial charge on any atom is -0.396 e. The molecule has 3 N–H and O–H groups in total. The monoisotopic (exact) mass is 607 g/mol. The topological polar surface area (TPSA) is 60.7 Å². The molecule has 0 aliphatic rings. The van der Waals surface area contributed by atoms with Crippen molar-refractivity contribution in [3.63, 3.8) is 0 Å². The second-order valence-electron chi connectivity index (χ2n) is 11.7. The van der Waals surface area contributed by atoms with Crippen LogP contribution >= 0.6 is 0 Å². The van der Waals surface area contributed by atoms with Crippen LogP contribution in [0.15, 0.2) is 0 Å². The van der Waals surface area contributed by atoms with Crippen LogP contribution in [0.25, 0.3) is 0 Å². The van der Waals surface area contributed by atoms with Crippen LogP contribution in [-0.2, 0) is 21.7 Å². The fourth-order valence-corrected chi connectivity index (χ4v) is 4.80. The van der Waals surface area contributed by atoms with Crippen molar-refractivity contribution >= 4 is 0 Å². The molecule has 40 heavy (non-hydrogen) atoms. The third-order valence-electron chi connectivity index (χ3n) is 7.54. The second-order valence-corrected chi connectivity index (χ2v) is 11.7. The van der Waals surface area contributed by atoms with Crippen LogP contribution in [0.4, 0.5) is 0 Å². The zero-order valence-corrected chi connectivity index (χ0v) is 29.7. The largest absolute Gasteiger partial charge is 0.396 e. The molecular formula is C36H78O3Ti. The maximum Gasteiger partial charge on any atom is 0.0431 e. The maximum absolute atomic E-state index is 8.57. The van der Waals surface area contributed by atoms with Gasteiger partial charge in [0.1, 0.15) is 0 Å². The predicted octanol–water partition coefficient (Wildman–Crippen LogP) is 11.7. The van der Waals surface area contributed by atoms with E-state index in [1.54, 1.807) is 0 Å². The van der Waals surface area contributed by atoms with Crippen LogP contribution in [0.2, 0.25) is 0 Å². The van der Waals surface area contributed by atoms with Crippen LogP contribution in [0.5, 0.6) is 0 Å². The summed E-state index contributed by atoms with van der Waals surface area (Å²) < 4.78 is 0. The van der Waals surface area contributed by atoms with E-state index in [4.69, 9.17) is 15.3 Å². The van der Waals surface area contributed by atoms with E-state index in [2.05, 4.69) is 20.8 Å². The first-order valence-corrected chi connectivity index (χ1v) is 18.1. The summed E-state index contributed by atoms with van der Waals surface area (Å²) in [5.41, 5.74) is 0. The summed E-state index contributed by atoms with van der Waals surface area (Å²) in [6.45, 7) is 7.89. The van der Waals surface area contributed by atoms with Crippen molar-refractivity contribution in [2.24, 2.45) is 0 Å². The fraction of sp³-hybridized carbons (Fsp3) is 1.00. The summed E-state index contributed by atoms with van der Waals surface area (Å²) in [4.78, 5) is 0. The predicted molar refractivity (Wildman–Crippen MR) is 177 cm³/mol. The maximum atomic E-state index is 8.57. The third kappa shape index (κ3) is 58.3. The molecule has 0 saturated carbocycles. The van der Waals surface area contributed by atoms with Crippen molar-refractivity contribution in [2.45, 2.75) is 213 Å². The van der Waals surface area contributed by atoms with E-state index < -0.39 is 0 Å². The van der Waals surface area contributed by atoms with Gasteiger partial charge in [-0.1, -0.05) is 194 Å². The van der Waals surface area contributed by atoms with Gasteiger partial charge in [0.2, 0.25) is 0 Å². The van der Waals surface area contributed by atoms with Crippen molar-refractivity contribution in [1.29, 1.82) is 0 Å². The number of hydrogen-bond acceptors (Lipinski definition) is 3. The molecule has 0 heterocycles. The molecule has 0 aliphatic heterocycles. The van der Waals surface area contributed by atoms with Crippen molar-refractivity contribution in [1.82, 2.24) is 0 Å². The van der Waals surface area contributed by atoms with Gasteiger partial charge >= 0.3 is 0 Å². The van der Waals surface area contributed by atoms with E-state index >= 15 is 0 Å². The van der Waals surface area contributed by atoms with Gasteiger partial charge in [-0.2, -0.15) is 0 Å². The third-order valence-corrected chi connectivity index (χ3v) is 7.54. The number of aliphatic hydroxyl groups is 3. The first-order chi connectivity index (χ1) is 19.2. The minimum atomic E-state index is 0. The van der Waals surface area contributed by atoms with Gasteiger partial charge in [0, 0.05) is 41.5 Å². The molecule has 3 nitrogen and oxygen atoms in total. The molecule has 0 unspecified atom stereocenters. The molecule has 0 fully saturated rings. The molecule has 0 bridgehead atoms. The molecule has 0 amide bonds. The molecule has 0 aromatic carbocycles. The quantitative estimate of drug-likeness (QED) is 0.0563. The van der Waals surface area contributed by atoms with Crippen LogP contribution in [0.3, 0.4) is 0 Å². The average molecular weight is 607 g/mol. The van der Waals surface area contributed by atoms with E-state index in [1.807, 2.05) is 0 Å². The minimum absolute atomic E-state index is 0. The molecule has 4 heteroatoms. The number of hydrogen-bond donors (Lipinski definition) is 3. The first-order valence-electron chi connectivity index (χ1n) is 18.1. The van der Waals surface area contributed by atoms with Crippen molar-refractivity contribution < 1.29 is 37.0 Å². The molecule has 0 radical (unpaired) electrons. The fourth-order valence-electron chi connectivity index (χ4n) is 4.80. The van der Waals surface area contributed by atoms with Gasteiger partial charge < -0.3 is 15.3 Å². The summed E-state index contributed by atoms with van der Waals surface area (Å²) in [6.07, 6.45) is 39.9. The van der Waals surface area contributed by atoms with E-state index in [1.165, 1.54) is 173 Å². The molecular weight excluding hydrogens is 528 g/mol. The van der Waals surface area contributed by atoms with E-state index in [0.717, 1.165) is 19.3 Å². The summed E-state index contributed by atoms with van der Waals surface area (Å²) in [7, 11) is 0. The first kappa shape index (κ1) is 47.5. The van der Waals surface area contributed by atoms with Gasteiger partial charge in [-0.05, 0) is 19.3 Å². The van der Waals surface area contributed by atoms with Gasteiger partial charge in [-0.25, -0.2) is 0 Å². The normalized spacial score (nSPS) is 10.3. The standard InChI is InChI=1S/3C12H26O.Ti/c3*1-2-3-4-5-6-7-8-9-10-11-12-13;/h3*13H,2-12H2,1H3;. The summed E-state index contributed by atoms with van der Waals surface area (Å²) in [5.74, 6) is 0. The molecule has 0 aliphatic carbocycles. The van der Waals surface area contributed by atoms with Crippen LogP contribution in [-0.4, -0.2) is 35.1 Å². The van der Waals surface area contributed by atoms with Gasteiger partial charge in [-0.15, -0.1) is 0 Å². The molecule has 0 saturated heterocycles. The average Bonchev–Trinajstić information content (AvgIpc) is 2.95. The summed E-state index contributed by atoms with van der Waals surface area (Å²) in [5, 5.41) is 25.7. The molecule has 244 valence electrons. The Morgan fingerprint density at radius 3 is 0.475 bits per heavy atom. The Balaban J connectivity index is -0.000000240. The Morgan fingerprint density at radius 1 is 0.225 bits per heavy atom. The van der Waals surface area contributed by atoms with Crippen LogP contribution in [0.1, 0.15) is 213 Å². The van der Waals surface area contributed by atoms with E-state index in [-0.39, 0.29) is 21.7 Å². The second kappa shape index (κ2) is 52.3. The molecule has 0 spiro atoms. The van der Waals surface area contributed by atoms with Crippen LogP contribution in [0, 0.1) is 0 Å². The van der Waals surface area contributed by atoms with E-state index in [0.29, 0.717) is 19.8 Å². The molecule has 0 aromatic heterocycles. The molecule has 0 aromatic rings. The summed E-state index contributed by atoms with van der Waals surface area (Å²) in [6, 6.07) is 0. The molecule has 0 rings (SSSR count). The Hall–Kier alpha value is 0.594. The van der Waals surface area contributed by atoms with Crippen LogP contribution < -0.4 is 0 Å². The van der Waals surface area contributed by atoms with E-state index in [9.17, 15) is 0 Å². The number of rotatable bonds is 30.